The van der Waals surface area contributed by atoms with E-state index in [4.69, 9.17) is 11.6 Å². The van der Waals surface area contributed by atoms with E-state index in [9.17, 15) is 0 Å². The number of rotatable bonds is 5. The summed E-state index contributed by atoms with van der Waals surface area (Å²) in [5.74, 6) is 2.25. The Bertz CT molecular complexity index is 402. The van der Waals surface area contributed by atoms with Crippen LogP contribution in [0.15, 0.2) is 6.07 Å². The van der Waals surface area contributed by atoms with Crippen LogP contribution in [0.1, 0.15) is 44.0 Å². The minimum atomic E-state index is 0.473. The zero-order chi connectivity index (χ0) is 13.9. The smallest absolute Gasteiger partial charge is 0.133 e. The normalized spacial score (nSPS) is 12.9. The molecule has 1 atom stereocenters. The predicted molar refractivity (Wildman–Crippen MR) is 80.6 cm³/mol. The molecule has 0 aliphatic rings. The summed E-state index contributed by atoms with van der Waals surface area (Å²) < 4.78 is 0. The van der Waals surface area contributed by atoms with Gasteiger partial charge in [-0.05, 0) is 44.7 Å². The van der Waals surface area contributed by atoms with E-state index >= 15 is 0 Å². The third-order valence-corrected chi connectivity index (χ3v) is 3.66. The lowest BCUT2D eigenvalue weighted by molar-refractivity contribution is 0.501. The highest BCUT2D eigenvalue weighted by Gasteiger charge is 2.17. The van der Waals surface area contributed by atoms with Crippen LogP contribution in [0.5, 0.6) is 0 Å². The molecule has 0 aromatic carbocycles. The van der Waals surface area contributed by atoms with Gasteiger partial charge in [0, 0.05) is 24.3 Å². The third kappa shape index (κ3) is 3.61. The maximum atomic E-state index is 6.08. The molecular formula is C15H25ClN2. The second kappa shape index (κ2) is 6.42. The summed E-state index contributed by atoms with van der Waals surface area (Å²) >= 11 is 6.08. The lowest BCUT2D eigenvalue weighted by Gasteiger charge is -2.29. The van der Waals surface area contributed by atoms with E-state index in [1.165, 1.54) is 5.56 Å². The first-order valence-corrected chi connectivity index (χ1v) is 7.16. The summed E-state index contributed by atoms with van der Waals surface area (Å²) in [5.41, 5.74) is 3.44. The van der Waals surface area contributed by atoms with Crippen molar-refractivity contribution < 1.29 is 0 Å². The minimum Gasteiger partial charge on any atom is -0.357 e. The Balaban J connectivity index is 3.07. The summed E-state index contributed by atoms with van der Waals surface area (Å²) in [7, 11) is 2.12. The average Bonchev–Trinajstić information content (AvgIpc) is 2.26. The van der Waals surface area contributed by atoms with Gasteiger partial charge in [0.15, 0.2) is 0 Å². The molecule has 0 aliphatic heterocycles. The zero-order valence-corrected chi connectivity index (χ0v) is 13.2. The second-order valence-electron chi connectivity index (χ2n) is 5.61. The fourth-order valence-electron chi connectivity index (χ4n) is 2.35. The topological polar surface area (TPSA) is 16.1 Å². The largest absolute Gasteiger partial charge is 0.357 e. The average molecular weight is 269 g/mol. The van der Waals surface area contributed by atoms with Crippen LogP contribution in [0.4, 0.5) is 5.82 Å². The minimum absolute atomic E-state index is 0.473. The van der Waals surface area contributed by atoms with Crippen LogP contribution in [0.25, 0.3) is 0 Å². The number of nitrogens with zero attached hydrogens (tertiary/aromatic N) is 2. The van der Waals surface area contributed by atoms with Crippen molar-refractivity contribution in [3.05, 3.63) is 22.9 Å². The molecule has 0 saturated carbocycles. The van der Waals surface area contributed by atoms with Gasteiger partial charge >= 0.3 is 0 Å². The van der Waals surface area contributed by atoms with Crippen LogP contribution in [0.3, 0.4) is 0 Å². The molecule has 0 N–H and O–H groups in total. The first-order chi connectivity index (χ1) is 8.36. The Hall–Kier alpha value is -0.760. The summed E-state index contributed by atoms with van der Waals surface area (Å²) in [4.78, 5) is 6.94. The van der Waals surface area contributed by atoms with Gasteiger partial charge in [0.25, 0.3) is 0 Å². The number of aromatic nitrogens is 1. The Morgan fingerprint density at radius 2 is 1.89 bits per heavy atom. The van der Waals surface area contributed by atoms with Crippen molar-refractivity contribution >= 4 is 17.4 Å². The summed E-state index contributed by atoms with van der Waals surface area (Å²) in [6.45, 7) is 10.9. The molecule has 2 nitrogen and oxygen atoms in total. The SMILES string of the molecule is Cc1cc(C)c(CCl)c(N(C)C(C)CC(C)C)n1. The number of hydrogen-bond acceptors (Lipinski definition) is 2. The van der Waals surface area contributed by atoms with Gasteiger partial charge in [0.05, 0.1) is 5.88 Å². The fraction of sp³-hybridized carbons (Fsp3) is 0.667. The second-order valence-corrected chi connectivity index (χ2v) is 5.87. The Kier molecular flexibility index (Phi) is 5.46. The van der Waals surface area contributed by atoms with Crippen molar-refractivity contribution in [1.82, 2.24) is 4.98 Å². The molecule has 18 heavy (non-hydrogen) atoms. The Labute approximate surface area is 116 Å². The summed E-state index contributed by atoms with van der Waals surface area (Å²) in [6, 6.07) is 2.57. The standard InChI is InChI=1S/C15H25ClN2/c1-10(2)7-13(5)18(6)15-14(9-16)11(3)8-12(4)17-15/h8,10,13H,7,9H2,1-6H3. The Morgan fingerprint density at radius 1 is 1.28 bits per heavy atom. The molecule has 1 rings (SSSR count). The van der Waals surface area contributed by atoms with Crippen LogP contribution >= 0.6 is 11.6 Å². The van der Waals surface area contributed by atoms with E-state index in [0.717, 1.165) is 23.5 Å². The molecule has 1 unspecified atom stereocenters. The predicted octanol–water partition coefficient (Wildman–Crippen LogP) is 4.31. The third-order valence-electron chi connectivity index (χ3n) is 3.39. The molecular weight excluding hydrogens is 244 g/mol. The molecule has 1 heterocycles. The number of anilines is 1. The monoisotopic (exact) mass is 268 g/mol. The molecule has 3 heteroatoms. The highest BCUT2D eigenvalue weighted by molar-refractivity contribution is 6.17. The van der Waals surface area contributed by atoms with E-state index in [1.807, 2.05) is 6.92 Å². The van der Waals surface area contributed by atoms with Gasteiger partial charge in [-0.2, -0.15) is 0 Å². The molecule has 0 amide bonds. The molecule has 0 bridgehead atoms. The van der Waals surface area contributed by atoms with E-state index < -0.39 is 0 Å². The van der Waals surface area contributed by atoms with Crippen LogP contribution < -0.4 is 4.90 Å². The van der Waals surface area contributed by atoms with E-state index in [1.54, 1.807) is 0 Å². The van der Waals surface area contributed by atoms with Crippen LogP contribution in [0.2, 0.25) is 0 Å². The van der Waals surface area contributed by atoms with Crippen molar-refractivity contribution in [2.24, 2.45) is 5.92 Å². The Morgan fingerprint density at radius 3 is 2.39 bits per heavy atom. The molecule has 1 aromatic rings. The summed E-state index contributed by atoms with van der Waals surface area (Å²) in [6.07, 6.45) is 1.16. The molecule has 1 aromatic heterocycles. The van der Waals surface area contributed by atoms with Crippen LogP contribution in [-0.4, -0.2) is 18.1 Å². The van der Waals surface area contributed by atoms with Gasteiger partial charge in [0.1, 0.15) is 5.82 Å². The first kappa shape index (κ1) is 15.3. The van der Waals surface area contributed by atoms with Crippen molar-refractivity contribution in [1.29, 1.82) is 0 Å². The molecule has 0 fully saturated rings. The van der Waals surface area contributed by atoms with Gasteiger partial charge in [-0.3, -0.25) is 0 Å². The van der Waals surface area contributed by atoms with Gasteiger partial charge in [-0.1, -0.05) is 13.8 Å². The van der Waals surface area contributed by atoms with Crippen LogP contribution in [0, 0.1) is 19.8 Å². The van der Waals surface area contributed by atoms with Gasteiger partial charge < -0.3 is 4.90 Å². The van der Waals surface area contributed by atoms with Crippen molar-refractivity contribution in [2.75, 3.05) is 11.9 Å². The van der Waals surface area contributed by atoms with Crippen molar-refractivity contribution in [3.8, 4) is 0 Å². The lowest BCUT2D eigenvalue weighted by Crippen LogP contribution is -2.32. The highest BCUT2D eigenvalue weighted by atomic mass is 35.5. The molecule has 0 aliphatic carbocycles. The quantitative estimate of drug-likeness (QED) is 0.740. The van der Waals surface area contributed by atoms with Gasteiger partial charge in [-0.15, -0.1) is 11.6 Å². The van der Waals surface area contributed by atoms with E-state index in [2.05, 4.69) is 50.7 Å². The number of hydrogen-bond donors (Lipinski definition) is 0. The maximum absolute atomic E-state index is 6.08. The number of halogens is 1. The van der Waals surface area contributed by atoms with Gasteiger partial charge in [-0.25, -0.2) is 4.98 Å². The number of aryl methyl sites for hydroxylation is 2. The first-order valence-electron chi connectivity index (χ1n) is 6.62. The van der Waals surface area contributed by atoms with Crippen molar-refractivity contribution in [3.63, 3.8) is 0 Å². The van der Waals surface area contributed by atoms with E-state index in [-0.39, 0.29) is 0 Å². The maximum Gasteiger partial charge on any atom is 0.133 e. The van der Waals surface area contributed by atoms with E-state index in [0.29, 0.717) is 17.8 Å². The molecule has 0 saturated heterocycles. The molecule has 102 valence electrons. The molecule has 0 radical (unpaired) electrons. The number of pyridine rings is 1. The van der Waals surface area contributed by atoms with Crippen molar-refractivity contribution in [2.45, 2.75) is 53.0 Å². The fourth-order valence-corrected chi connectivity index (χ4v) is 2.68. The van der Waals surface area contributed by atoms with Gasteiger partial charge in [0.2, 0.25) is 0 Å². The highest BCUT2D eigenvalue weighted by Crippen LogP contribution is 2.26. The number of alkyl halides is 1. The lowest BCUT2D eigenvalue weighted by atomic mass is 10.0. The van der Waals surface area contributed by atoms with Crippen LogP contribution in [-0.2, 0) is 5.88 Å². The zero-order valence-electron chi connectivity index (χ0n) is 12.4. The molecule has 0 spiro atoms. The summed E-state index contributed by atoms with van der Waals surface area (Å²) in [5, 5.41) is 0.